The number of imide groups is 1. The lowest BCUT2D eigenvalue weighted by atomic mass is 9.97. The van der Waals surface area contributed by atoms with Crippen molar-refractivity contribution in [3.63, 3.8) is 0 Å². The van der Waals surface area contributed by atoms with Crippen LogP contribution < -0.4 is 0 Å². The van der Waals surface area contributed by atoms with Crippen LogP contribution in [0.25, 0.3) is 0 Å². The molecule has 26 heavy (non-hydrogen) atoms. The average molecular weight is 393 g/mol. The zero-order valence-electron chi connectivity index (χ0n) is 14.2. The lowest BCUT2D eigenvalue weighted by Crippen LogP contribution is -2.32. The highest BCUT2D eigenvalue weighted by atomic mass is 35.5. The molecule has 1 aromatic rings. The molecule has 3 rings (SSSR count). The molecule has 0 bridgehead atoms. The molecule has 1 aliphatic heterocycles. The molecule has 0 saturated carbocycles. The quantitative estimate of drug-likeness (QED) is 0.566. The van der Waals surface area contributed by atoms with Crippen LogP contribution in [0.5, 0.6) is 0 Å². The van der Waals surface area contributed by atoms with Crippen LogP contribution in [0.2, 0.25) is 10.0 Å². The standard InChI is InChI=1S/C19H16Cl2NO4/c1-25-16-5-3-4-11(18(16)26-2)10-22-17(23)9-15(19(22)24)12-6-13(20)8-14(21)7-12/h4-8,15H,9-10H2,1-2H3/q+1. The van der Waals surface area contributed by atoms with Gasteiger partial charge in [0, 0.05) is 22.5 Å². The number of halogens is 2. The molecule has 2 amide bonds. The summed E-state index contributed by atoms with van der Waals surface area (Å²) >= 11 is 12.0. The third-order valence-corrected chi connectivity index (χ3v) is 4.71. The number of ether oxygens (including phenoxy) is 2. The van der Waals surface area contributed by atoms with E-state index in [1.165, 1.54) is 19.1 Å². The SMILES string of the molecule is COC1=C[C+]=CC(CN2C(=O)CC(c3cc(Cl)cc(Cl)c3)C2=O)=C1OC. The van der Waals surface area contributed by atoms with E-state index in [9.17, 15) is 9.59 Å². The Morgan fingerprint density at radius 3 is 2.46 bits per heavy atom. The highest BCUT2D eigenvalue weighted by Crippen LogP contribution is 2.34. The summed E-state index contributed by atoms with van der Waals surface area (Å²) in [4.78, 5) is 26.5. The van der Waals surface area contributed by atoms with Gasteiger partial charge in [0.05, 0.1) is 20.1 Å². The minimum Gasteiger partial charge on any atom is -0.472 e. The second-order valence-electron chi connectivity index (χ2n) is 5.86. The lowest BCUT2D eigenvalue weighted by Gasteiger charge is -2.16. The highest BCUT2D eigenvalue weighted by molar-refractivity contribution is 6.34. The summed E-state index contributed by atoms with van der Waals surface area (Å²) in [7, 11) is 3.02. The van der Waals surface area contributed by atoms with Gasteiger partial charge >= 0.3 is 0 Å². The molecular weight excluding hydrogens is 377 g/mol. The Kier molecular flexibility index (Phi) is 5.33. The number of nitrogens with zero attached hydrogens (tertiary/aromatic N) is 1. The van der Waals surface area contributed by atoms with Gasteiger partial charge in [0.2, 0.25) is 11.8 Å². The fourth-order valence-corrected chi connectivity index (χ4v) is 3.61. The van der Waals surface area contributed by atoms with Crippen LogP contribution in [0.1, 0.15) is 17.9 Å². The predicted molar refractivity (Wildman–Crippen MR) is 97.5 cm³/mol. The van der Waals surface area contributed by atoms with Crippen LogP contribution in [0.15, 0.2) is 47.4 Å². The summed E-state index contributed by atoms with van der Waals surface area (Å²) < 4.78 is 10.6. The van der Waals surface area contributed by atoms with Crippen molar-refractivity contribution in [1.29, 1.82) is 0 Å². The highest BCUT2D eigenvalue weighted by Gasteiger charge is 2.41. The first kappa shape index (κ1) is 18.5. The van der Waals surface area contributed by atoms with E-state index in [1.807, 2.05) is 0 Å². The number of methoxy groups -OCH3 is 2. The fraction of sp³-hybridized carbons (Fsp3) is 0.263. The third-order valence-electron chi connectivity index (χ3n) is 4.27. The van der Waals surface area contributed by atoms with E-state index in [0.29, 0.717) is 32.7 Å². The molecule has 1 atom stereocenters. The van der Waals surface area contributed by atoms with E-state index in [-0.39, 0.29) is 24.8 Å². The maximum absolute atomic E-state index is 12.8. The molecular formula is C19H16Cl2NO4+. The summed E-state index contributed by atoms with van der Waals surface area (Å²) in [6.45, 7) is 0.0827. The van der Waals surface area contributed by atoms with Crippen LogP contribution >= 0.6 is 23.2 Å². The maximum atomic E-state index is 12.8. The molecule has 5 nitrogen and oxygen atoms in total. The van der Waals surface area contributed by atoms with Gasteiger partial charge in [-0.3, -0.25) is 14.5 Å². The summed E-state index contributed by atoms with van der Waals surface area (Å²) in [6, 6.07) is 4.90. The Morgan fingerprint density at radius 2 is 1.85 bits per heavy atom. The van der Waals surface area contributed by atoms with Gasteiger partial charge in [0.25, 0.3) is 11.5 Å². The molecule has 134 valence electrons. The number of likely N-dealkylation sites (tertiary alicyclic amines) is 1. The number of carbonyl (C=O) groups excluding carboxylic acids is 2. The minimum absolute atomic E-state index is 0.0749. The second-order valence-corrected chi connectivity index (χ2v) is 6.73. The van der Waals surface area contributed by atoms with Gasteiger partial charge < -0.3 is 9.47 Å². The van der Waals surface area contributed by atoms with Crippen molar-refractivity contribution in [3.05, 3.63) is 69.1 Å². The molecule has 7 heteroatoms. The van der Waals surface area contributed by atoms with Crippen molar-refractivity contribution in [2.45, 2.75) is 12.3 Å². The summed E-state index contributed by atoms with van der Waals surface area (Å²) in [5.41, 5.74) is 1.27. The van der Waals surface area contributed by atoms with Crippen LogP contribution in [-0.4, -0.2) is 37.5 Å². The van der Waals surface area contributed by atoms with Gasteiger partial charge in [0.1, 0.15) is 18.2 Å². The van der Waals surface area contributed by atoms with Gasteiger partial charge in [-0.2, -0.15) is 0 Å². The van der Waals surface area contributed by atoms with Crippen molar-refractivity contribution in [1.82, 2.24) is 4.90 Å². The predicted octanol–water partition coefficient (Wildman–Crippen LogP) is 3.64. The van der Waals surface area contributed by atoms with Crippen molar-refractivity contribution in [3.8, 4) is 0 Å². The van der Waals surface area contributed by atoms with Crippen LogP contribution in [0, 0.1) is 6.08 Å². The van der Waals surface area contributed by atoms with Crippen molar-refractivity contribution >= 4 is 35.0 Å². The first-order valence-corrected chi connectivity index (χ1v) is 8.61. The first-order chi connectivity index (χ1) is 12.4. The van der Waals surface area contributed by atoms with Gasteiger partial charge in [-0.15, -0.1) is 0 Å². The van der Waals surface area contributed by atoms with Gasteiger partial charge in [-0.05, 0) is 23.8 Å². The molecule has 0 N–H and O–H groups in total. The maximum Gasteiger partial charge on any atom is 0.282 e. The fourth-order valence-electron chi connectivity index (χ4n) is 3.06. The molecule has 0 aromatic heterocycles. The largest absolute Gasteiger partial charge is 0.472 e. The minimum atomic E-state index is -0.598. The van der Waals surface area contributed by atoms with Crippen LogP contribution in [0.4, 0.5) is 0 Å². The van der Waals surface area contributed by atoms with Crippen molar-refractivity contribution < 1.29 is 19.1 Å². The Hall–Kier alpha value is -2.33. The van der Waals surface area contributed by atoms with E-state index in [0.717, 1.165) is 0 Å². The Labute approximate surface area is 161 Å². The number of hydrogen-bond acceptors (Lipinski definition) is 4. The van der Waals surface area contributed by atoms with Gasteiger partial charge in [0.15, 0.2) is 6.08 Å². The average Bonchev–Trinajstić information content (AvgIpc) is 2.88. The number of amides is 2. The molecule has 0 spiro atoms. The number of carbonyl (C=O) groups is 2. The molecule has 1 saturated heterocycles. The molecule has 1 aromatic carbocycles. The van der Waals surface area contributed by atoms with E-state index >= 15 is 0 Å². The Bertz CT molecular complexity index is 837. The van der Waals surface area contributed by atoms with Crippen LogP contribution in [-0.2, 0) is 19.1 Å². The number of allylic oxidation sites excluding steroid dienone is 2. The summed E-state index contributed by atoms with van der Waals surface area (Å²) in [5, 5.41) is 0.852. The van der Waals surface area contributed by atoms with Gasteiger partial charge in [-0.25, -0.2) is 0 Å². The monoisotopic (exact) mass is 392 g/mol. The molecule has 1 heterocycles. The van der Waals surface area contributed by atoms with E-state index in [2.05, 4.69) is 6.08 Å². The van der Waals surface area contributed by atoms with E-state index in [4.69, 9.17) is 32.7 Å². The van der Waals surface area contributed by atoms with Crippen LogP contribution in [0.3, 0.4) is 0 Å². The lowest BCUT2D eigenvalue weighted by molar-refractivity contribution is -0.138. The number of hydrogen-bond donors (Lipinski definition) is 0. The second kappa shape index (κ2) is 7.50. The Balaban J connectivity index is 1.87. The zero-order chi connectivity index (χ0) is 18.8. The number of benzene rings is 1. The zero-order valence-corrected chi connectivity index (χ0v) is 15.7. The van der Waals surface area contributed by atoms with E-state index < -0.39 is 5.92 Å². The van der Waals surface area contributed by atoms with E-state index in [1.54, 1.807) is 30.4 Å². The topological polar surface area (TPSA) is 55.8 Å². The van der Waals surface area contributed by atoms with Crippen molar-refractivity contribution in [2.75, 3.05) is 20.8 Å². The molecule has 1 fully saturated rings. The smallest absolute Gasteiger partial charge is 0.282 e. The number of rotatable bonds is 5. The molecule has 0 radical (unpaired) electrons. The Morgan fingerprint density at radius 1 is 1.15 bits per heavy atom. The summed E-state index contributed by atoms with van der Waals surface area (Å²) in [5.74, 6) is -0.193. The van der Waals surface area contributed by atoms with Gasteiger partial charge in [-0.1, -0.05) is 23.2 Å². The van der Waals surface area contributed by atoms with Crippen molar-refractivity contribution in [2.24, 2.45) is 0 Å². The first-order valence-electron chi connectivity index (χ1n) is 7.85. The molecule has 1 unspecified atom stereocenters. The normalized spacial score (nSPS) is 19.6. The molecule has 1 aliphatic carbocycles. The molecule has 2 aliphatic rings. The summed E-state index contributed by atoms with van der Waals surface area (Å²) in [6.07, 6.45) is 6.31. The third kappa shape index (κ3) is 3.47.